The van der Waals surface area contributed by atoms with Gasteiger partial charge in [-0.2, -0.15) is 0 Å². The molecule has 7 heteroatoms. The first-order valence-corrected chi connectivity index (χ1v) is 12.9. The van der Waals surface area contributed by atoms with E-state index in [2.05, 4.69) is 9.55 Å². The molecule has 0 amide bonds. The zero-order valence-corrected chi connectivity index (χ0v) is 21.6. The van der Waals surface area contributed by atoms with Gasteiger partial charge in [0, 0.05) is 24.1 Å². The molecule has 0 aliphatic heterocycles. The number of benzene rings is 3. The third-order valence-electron chi connectivity index (χ3n) is 6.94. The van der Waals surface area contributed by atoms with E-state index in [0.29, 0.717) is 11.6 Å². The summed E-state index contributed by atoms with van der Waals surface area (Å²) in [6, 6.07) is 22.6. The van der Waals surface area contributed by atoms with E-state index in [1.165, 1.54) is 19.3 Å². The summed E-state index contributed by atoms with van der Waals surface area (Å²) in [6.07, 6.45) is 5.88. The molecule has 2 aromatic heterocycles. The van der Waals surface area contributed by atoms with E-state index in [1.807, 2.05) is 62.4 Å². The first-order chi connectivity index (χ1) is 18.4. The summed E-state index contributed by atoms with van der Waals surface area (Å²) in [5.74, 6) is 1.71. The number of hydrogen-bond acceptors (Lipinski definition) is 5. The minimum Gasteiger partial charge on any atom is -0.508 e. The van der Waals surface area contributed by atoms with Crippen LogP contribution in [0.2, 0.25) is 0 Å². The van der Waals surface area contributed by atoms with Gasteiger partial charge >= 0.3 is 5.97 Å². The molecule has 1 saturated carbocycles. The number of rotatable bonds is 4. The van der Waals surface area contributed by atoms with Crippen LogP contribution in [0, 0.1) is 13.8 Å². The van der Waals surface area contributed by atoms with E-state index in [0.717, 1.165) is 52.7 Å². The Morgan fingerprint density at radius 2 is 1.61 bits per heavy atom. The number of aryl methyl sites for hydroxylation is 2. The normalized spacial score (nSPS) is 13.7. The zero-order valence-electron chi connectivity index (χ0n) is 21.6. The molecule has 6 rings (SSSR count). The molecule has 1 fully saturated rings. The summed E-state index contributed by atoms with van der Waals surface area (Å²) in [7, 11) is 0. The first-order valence-electron chi connectivity index (χ1n) is 12.9. The smallest absolute Gasteiger partial charge is 0.335 e. The lowest BCUT2D eigenvalue weighted by atomic mass is 9.95. The SMILES string of the molecule is Cc1nc(C)c(-c2ccccc2)o1.O=C(O)c1ccc2c(c1)nc(-c1ccc(O)cc1)n2C1CCCCC1. The molecule has 0 spiro atoms. The molecule has 0 atom stereocenters. The van der Waals surface area contributed by atoms with Crippen molar-refractivity contribution in [2.75, 3.05) is 0 Å². The van der Waals surface area contributed by atoms with E-state index in [-0.39, 0.29) is 11.3 Å². The van der Waals surface area contributed by atoms with Crippen LogP contribution in [0.15, 0.2) is 77.2 Å². The van der Waals surface area contributed by atoms with Crippen molar-refractivity contribution in [2.45, 2.75) is 52.0 Å². The van der Waals surface area contributed by atoms with Gasteiger partial charge in [0.1, 0.15) is 11.6 Å². The largest absolute Gasteiger partial charge is 0.508 e. The lowest BCUT2D eigenvalue weighted by Gasteiger charge is -2.25. The van der Waals surface area contributed by atoms with Crippen LogP contribution in [0.4, 0.5) is 0 Å². The predicted octanol–water partition coefficient (Wildman–Crippen LogP) is 7.57. The lowest BCUT2D eigenvalue weighted by molar-refractivity contribution is 0.0697. The summed E-state index contributed by atoms with van der Waals surface area (Å²) in [6.45, 7) is 3.82. The van der Waals surface area contributed by atoms with E-state index in [1.54, 1.807) is 24.3 Å². The number of aromatic hydroxyl groups is 1. The van der Waals surface area contributed by atoms with Gasteiger partial charge in [-0.15, -0.1) is 0 Å². The number of oxazole rings is 1. The van der Waals surface area contributed by atoms with Gasteiger partial charge < -0.3 is 19.2 Å². The monoisotopic (exact) mass is 509 g/mol. The van der Waals surface area contributed by atoms with Gasteiger partial charge in [-0.1, -0.05) is 49.6 Å². The second kappa shape index (κ2) is 10.9. The number of phenols is 1. The van der Waals surface area contributed by atoms with Crippen LogP contribution in [-0.2, 0) is 0 Å². The standard InChI is InChI=1S/C20H20N2O3.C11H11NO/c23-16-9-6-13(7-10-16)19-21-17-12-14(20(24)25)8-11-18(17)22(19)15-4-2-1-3-5-15;1-8-11(13-9(2)12-8)10-6-4-3-5-7-10/h6-12,15,23H,1-5H2,(H,24,25);3-7H,1-2H3. The van der Waals surface area contributed by atoms with Crippen LogP contribution >= 0.6 is 0 Å². The first kappa shape index (κ1) is 25.3. The minimum atomic E-state index is -0.944. The average Bonchev–Trinajstić information content (AvgIpc) is 3.49. The van der Waals surface area contributed by atoms with Gasteiger partial charge in [0.15, 0.2) is 11.7 Å². The summed E-state index contributed by atoms with van der Waals surface area (Å²) in [5, 5.41) is 18.8. The van der Waals surface area contributed by atoms with Gasteiger partial charge in [-0.25, -0.2) is 14.8 Å². The van der Waals surface area contributed by atoms with Crippen LogP contribution in [0.3, 0.4) is 0 Å². The molecule has 0 radical (unpaired) electrons. The Bertz CT molecular complexity index is 1550. The van der Waals surface area contributed by atoms with Crippen molar-refractivity contribution in [3.05, 3.63) is 89.9 Å². The Morgan fingerprint density at radius 1 is 0.895 bits per heavy atom. The second-order valence-corrected chi connectivity index (χ2v) is 9.67. The van der Waals surface area contributed by atoms with Crippen LogP contribution < -0.4 is 0 Å². The highest BCUT2D eigenvalue weighted by molar-refractivity contribution is 5.93. The molecule has 7 nitrogen and oxygen atoms in total. The highest BCUT2D eigenvalue weighted by Crippen LogP contribution is 2.36. The molecule has 38 heavy (non-hydrogen) atoms. The summed E-state index contributed by atoms with van der Waals surface area (Å²) in [4.78, 5) is 20.3. The van der Waals surface area contributed by atoms with Crippen LogP contribution in [0.1, 0.15) is 60.1 Å². The molecule has 1 aliphatic carbocycles. The van der Waals surface area contributed by atoms with Gasteiger partial charge in [0.05, 0.1) is 22.3 Å². The number of fused-ring (bicyclic) bond motifs is 1. The van der Waals surface area contributed by atoms with Gasteiger partial charge in [0.25, 0.3) is 0 Å². The van der Waals surface area contributed by atoms with Gasteiger partial charge in [-0.3, -0.25) is 0 Å². The van der Waals surface area contributed by atoms with E-state index >= 15 is 0 Å². The minimum absolute atomic E-state index is 0.220. The topological polar surface area (TPSA) is 101 Å². The predicted molar refractivity (Wildman–Crippen MR) is 147 cm³/mol. The maximum atomic E-state index is 11.3. The van der Waals surface area contributed by atoms with Crippen molar-refractivity contribution in [1.29, 1.82) is 0 Å². The van der Waals surface area contributed by atoms with Crippen LogP contribution in [0.25, 0.3) is 33.7 Å². The van der Waals surface area contributed by atoms with Gasteiger partial charge in [-0.05, 0) is 62.2 Å². The number of phenolic OH excluding ortho intramolecular Hbond substituents is 1. The zero-order chi connectivity index (χ0) is 26.6. The van der Waals surface area contributed by atoms with Crippen LogP contribution in [0.5, 0.6) is 5.75 Å². The van der Waals surface area contributed by atoms with E-state index < -0.39 is 5.97 Å². The summed E-state index contributed by atoms with van der Waals surface area (Å²) < 4.78 is 7.75. The van der Waals surface area contributed by atoms with Crippen molar-refractivity contribution in [1.82, 2.24) is 14.5 Å². The Kier molecular flexibility index (Phi) is 7.26. The lowest BCUT2D eigenvalue weighted by Crippen LogP contribution is -2.14. The van der Waals surface area contributed by atoms with Gasteiger partial charge in [0.2, 0.25) is 0 Å². The molecule has 0 unspecified atom stereocenters. The van der Waals surface area contributed by atoms with Crippen molar-refractivity contribution < 1.29 is 19.4 Å². The molecule has 5 aromatic rings. The Balaban J connectivity index is 0.000000190. The third-order valence-corrected chi connectivity index (χ3v) is 6.94. The number of aromatic carboxylic acids is 1. The quantitative estimate of drug-likeness (QED) is 0.259. The molecule has 194 valence electrons. The van der Waals surface area contributed by atoms with Crippen molar-refractivity contribution >= 4 is 17.0 Å². The number of carboxylic acids is 1. The number of nitrogens with zero attached hydrogens (tertiary/aromatic N) is 3. The number of carbonyl (C=O) groups is 1. The fourth-order valence-electron chi connectivity index (χ4n) is 5.14. The number of carboxylic acid groups (broad SMARTS) is 1. The van der Waals surface area contributed by atoms with Crippen molar-refractivity contribution in [3.8, 4) is 28.5 Å². The summed E-state index contributed by atoms with van der Waals surface area (Å²) in [5.41, 5.74) is 4.88. The molecule has 2 heterocycles. The average molecular weight is 510 g/mol. The van der Waals surface area contributed by atoms with E-state index in [9.17, 15) is 15.0 Å². The Morgan fingerprint density at radius 3 is 2.24 bits per heavy atom. The van der Waals surface area contributed by atoms with Crippen LogP contribution in [-0.4, -0.2) is 30.7 Å². The van der Waals surface area contributed by atoms with Crippen molar-refractivity contribution in [2.24, 2.45) is 0 Å². The fraction of sp³-hybridized carbons (Fsp3) is 0.258. The number of aromatic nitrogens is 3. The highest BCUT2D eigenvalue weighted by atomic mass is 16.4. The van der Waals surface area contributed by atoms with Crippen molar-refractivity contribution in [3.63, 3.8) is 0 Å². The Hall–Kier alpha value is -4.39. The summed E-state index contributed by atoms with van der Waals surface area (Å²) >= 11 is 0. The Labute approximate surface area is 221 Å². The maximum Gasteiger partial charge on any atom is 0.335 e. The molecular weight excluding hydrogens is 478 g/mol. The highest BCUT2D eigenvalue weighted by Gasteiger charge is 2.23. The number of imidazole rings is 1. The molecule has 1 aliphatic rings. The molecule has 0 saturated heterocycles. The molecule has 3 aromatic carbocycles. The van der Waals surface area contributed by atoms with E-state index in [4.69, 9.17) is 9.40 Å². The molecular formula is C31H31N3O4. The molecule has 0 bridgehead atoms. The fourth-order valence-corrected chi connectivity index (χ4v) is 5.14. The number of hydrogen-bond donors (Lipinski definition) is 2. The third kappa shape index (κ3) is 5.32. The second-order valence-electron chi connectivity index (χ2n) is 9.67. The maximum absolute atomic E-state index is 11.3. The molecule has 2 N–H and O–H groups in total.